The van der Waals surface area contributed by atoms with Crippen LogP contribution in [0.1, 0.15) is 47.2 Å². The first-order valence-electron chi connectivity index (χ1n) is 12.4. The predicted molar refractivity (Wildman–Crippen MR) is 134 cm³/mol. The lowest BCUT2D eigenvalue weighted by Crippen LogP contribution is -2.46. The molecule has 9 heteroatoms. The van der Waals surface area contributed by atoms with E-state index >= 15 is 4.39 Å². The van der Waals surface area contributed by atoms with Gasteiger partial charge in [0.2, 0.25) is 5.91 Å². The summed E-state index contributed by atoms with van der Waals surface area (Å²) < 4.78 is 17.4. The van der Waals surface area contributed by atoms with Gasteiger partial charge in [-0.1, -0.05) is 0 Å². The minimum Gasteiger partial charge on any atom is -0.357 e. The summed E-state index contributed by atoms with van der Waals surface area (Å²) in [5, 5.41) is 3.62. The first-order chi connectivity index (χ1) is 17.4. The topological polar surface area (TPSA) is 87.5 Å². The van der Waals surface area contributed by atoms with Gasteiger partial charge in [0.15, 0.2) is 0 Å². The molecule has 4 heterocycles. The van der Waals surface area contributed by atoms with Crippen molar-refractivity contribution in [1.29, 1.82) is 0 Å². The molecule has 8 nitrogen and oxygen atoms in total. The van der Waals surface area contributed by atoms with Gasteiger partial charge in [0, 0.05) is 56.3 Å². The Morgan fingerprint density at radius 2 is 2.00 bits per heavy atom. The number of carbonyl (C=O) groups excluding carboxylic acids is 3. The number of halogens is 1. The number of nitrogens with zero attached hydrogens (tertiary/aromatic N) is 4. The molecular weight excluding hydrogens is 461 g/mol. The summed E-state index contributed by atoms with van der Waals surface area (Å²) in [5.41, 5.74) is 3.63. The SMILES string of the molecule is CNC(=O)C(CCC=O)N1Cc2cc(-c3cc(CN4CCCC4)c4ccn(C)c4n3)c(F)cc2C1=O. The summed E-state index contributed by atoms with van der Waals surface area (Å²) in [6.45, 7) is 3.05. The third kappa shape index (κ3) is 4.28. The van der Waals surface area contributed by atoms with Crippen molar-refractivity contribution >= 4 is 29.1 Å². The molecule has 2 aromatic heterocycles. The number of nitrogens with one attached hydrogen (secondary N) is 1. The van der Waals surface area contributed by atoms with E-state index in [0.29, 0.717) is 16.8 Å². The van der Waals surface area contributed by atoms with E-state index in [1.165, 1.54) is 30.9 Å². The molecule has 1 atom stereocenters. The average Bonchev–Trinajstić information content (AvgIpc) is 3.60. The van der Waals surface area contributed by atoms with E-state index in [1.807, 2.05) is 29.9 Å². The smallest absolute Gasteiger partial charge is 0.255 e. The van der Waals surface area contributed by atoms with Crippen molar-refractivity contribution in [2.24, 2.45) is 7.05 Å². The molecule has 0 saturated carbocycles. The number of hydrogen-bond donors (Lipinski definition) is 1. The van der Waals surface area contributed by atoms with Gasteiger partial charge >= 0.3 is 0 Å². The van der Waals surface area contributed by atoms with Crippen LogP contribution >= 0.6 is 0 Å². The fraction of sp³-hybridized carbons (Fsp3) is 0.407. The number of likely N-dealkylation sites (tertiary alicyclic amines) is 1. The molecule has 0 spiro atoms. The zero-order valence-corrected chi connectivity index (χ0v) is 20.6. The number of aldehydes is 1. The molecule has 0 aliphatic carbocycles. The number of likely N-dealkylation sites (N-methyl/N-ethyl adjacent to an activating group) is 1. The number of carbonyl (C=O) groups is 3. The van der Waals surface area contributed by atoms with Gasteiger partial charge in [0.25, 0.3) is 5.91 Å². The molecule has 3 aromatic rings. The predicted octanol–water partition coefficient (Wildman–Crippen LogP) is 3.02. The van der Waals surface area contributed by atoms with E-state index in [1.54, 1.807) is 6.07 Å². The van der Waals surface area contributed by atoms with Crippen molar-refractivity contribution < 1.29 is 18.8 Å². The van der Waals surface area contributed by atoms with Gasteiger partial charge in [-0.3, -0.25) is 14.5 Å². The maximum atomic E-state index is 15.5. The summed E-state index contributed by atoms with van der Waals surface area (Å²) in [6, 6.07) is 6.14. The monoisotopic (exact) mass is 491 g/mol. The van der Waals surface area contributed by atoms with E-state index in [0.717, 1.165) is 42.5 Å². The Labute approximate surface area is 209 Å². The fourth-order valence-corrected chi connectivity index (χ4v) is 5.38. The van der Waals surface area contributed by atoms with Gasteiger partial charge < -0.3 is 19.6 Å². The minimum atomic E-state index is -0.795. The number of benzene rings is 1. The second kappa shape index (κ2) is 9.81. The maximum absolute atomic E-state index is 15.5. The van der Waals surface area contributed by atoms with E-state index in [9.17, 15) is 14.4 Å². The lowest BCUT2D eigenvalue weighted by Gasteiger charge is -2.25. The molecule has 2 amide bonds. The first-order valence-corrected chi connectivity index (χ1v) is 12.4. The molecule has 0 radical (unpaired) electrons. The molecule has 1 aromatic carbocycles. The number of hydrogen-bond acceptors (Lipinski definition) is 5. The maximum Gasteiger partial charge on any atom is 0.255 e. The number of pyridine rings is 1. The highest BCUT2D eigenvalue weighted by Gasteiger charge is 2.36. The van der Waals surface area contributed by atoms with Crippen LogP contribution in [-0.4, -0.2) is 63.6 Å². The zero-order valence-electron chi connectivity index (χ0n) is 20.6. The number of fused-ring (bicyclic) bond motifs is 2. The Morgan fingerprint density at radius 1 is 1.22 bits per heavy atom. The molecular formula is C27H30FN5O3. The van der Waals surface area contributed by atoms with Crippen LogP contribution in [0.3, 0.4) is 0 Å². The lowest BCUT2D eigenvalue weighted by atomic mass is 10.0. The number of amides is 2. The molecule has 2 aliphatic heterocycles. The van der Waals surface area contributed by atoms with Gasteiger partial charge in [-0.15, -0.1) is 0 Å². The Hall–Kier alpha value is -3.59. The van der Waals surface area contributed by atoms with Crippen LogP contribution in [0.15, 0.2) is 30.5 Å². The largest absolute Gasteiger partial charge is 0.357 e. The van der Waals surface area contributed by atoms with E-state index in [-0.39, 0.29) is 30.9 Å². The summed E-state index contributed by atoms with van der Waals surface area (Å²) in [4.78, 5) is 45.1. The van der Waals surface area contributed by atoms with Crippen LogP contribution in [-0.2, 0) is 29.7 Å². The Kier molecular flexibility index (Phi) is 6.57. The van der Waals surface area contributed by atoms with Crippen molar-refractivity contribution in [2.45, 2.75) is 44.8 Å². The molecule has 5 rings (SSSR count). The standard InChI is InChI=1S/C27H30FN5O3/c1-29-26(35)24(6-5-11-34)33-16-17-12-21(22(28)14-20(17)27(33)36)23-13-18(15-32-8-3-4-9-32)19-7-10-31(2)25(19)30-23/h7,10-14,24H,3-6,8-9,15-16H2,1-2H3,(H,29,35). The number of rotatable bonds is 8. The van der Waals surface area contributed by atoms with Crippen molar-refractivity contribution in [3.63, 3.8) is 0 Å². The minimum absolute atomic E-state index is 0.151. The molecule has 1 fully saturated rings. The van der Waals surface area contributed by atoms with Gasteiger partial charge in [-0.2, -0.15) is 0 Å². The highest BCUT2D eigenvalue weighted by molar-refractivity contribution is 6.01. The van der Waals surface area contributed by atoms with Gasteiger partial charge in [-0.25, -0.2) is 9.37 Å². The summed E-state index contributed by atoms with van der Waals surface area (Å²) in [6.07, 6.45) is 5.42. The van der Waals surface area contributed by atoms with Crippen molar-refractivity contribution in [3.8, 4) is 11.3 Å². The van der Waals surface area contributed by atoms with Crippen LogP contribution in [0.25, 0.3) is 22.3 Å². The molecule has 36 heavy (non-hydrogen) atoms. The first kappa shape index (κ1) is 24.1. The fourth-order valence-electron chi connectivity index (χ4n) is 5.38. The van der Waals surface area contributed by atoms with Crippen LogP contribution in [0.2, 0.25) is 0 Å². The third-order valence-corrected chi connectivity index (χ3v) is 7.30. The Balaban J connectivity index is 1.53. The van der Waals surface area contributed by atoms with Crippen LogP contribution < -0.4 is 5.32 Å². The zero-order chi connectivity index (χ0) is 25.4. The van der Waals surface area contributed by atoms with Crippen LogP contribution in [0, 0.1) is 5.82 Å². The van der Waals surface area contributed by atoms with Crippen LogP contribution in [0.5, 0.6) is 0 Å². The molecule has 188 valence electrons. The summed E-state index contributed by atoms with van der Waals surface area (Å²) in [7, 11) is 3.42. The molecule has 0 bridgehead atoms. The summed E-state index contributed by atoms with van der Waals surface area (Å²) >= 11 is 0. The third-order valence-electron chi connectivity index (χ3n) is 7.30. The van der Waals surface area contributed by atoms with E-state index in [4.69, 9.17) is 4.98 Å². The molecule has 1 unspecified atom stereocenters. The highest BCUT2D eigenvalue weighted by Crippen LogP contribution is 2.34. The Bertz CT molecular complexity index is 1340. The molecule has 1 N–H and O–H groups in total. The summed E-state index contributed by atoms with van der Waals surface area (Å²) in [5.74, 6) is -1.28. The van der Waals surface area contributed by atoms with Gasteiger partial charge in [0.1, 0.15) is 23.8 Å². The average molecular weight is 492 g/mol. The van der Waals surface area contributed by atoms with E-state index < -0.39 is 17.8 Å². The quantitative estimate of drug-likeness (QED) is 0.490. The number of aryl methyl sites for hydroxylation is 1. The normalized spacial score (nSPS) is 16.5. The second-order valence-electron chi connectivity index (χ2n) is 9.61. The molecule has 2 aliphatic rings. The molecule has 1 saturated heterocycles. The van der Waals surface area contributed by atoms with Crippen molar-refractivity contribution in [2.75, 3.05) is 20.1 Å². The second-order valence-corrected chi connectivity index (χ2v) is 9.61. The van der Waals surface area contributed by atoms with Crippen LogP contribution in [0.4, 0.5) is 4.39 Å². The van der Waals surface area contributed by atoms with Crippen molar-refractivity contribution in [3.05, 3.63) is 53.0 Å². The lowest BCUT2D eigenvalue weighted by molar-refractivity contribution is -0.125. The Morgan fingerprint density at radius 3 is 2.72 bits per heavy atom. The van der Waals surface area contributed by atoms with Crippen molar-refractivity contribution in [1.82, 2.24) is 24.7 Å². The van der Waals surface area contributed by atoms with Gasteiger partial charge in [0.05, 0.1) is 5.69 Å². The van der Waals surface area contributed by atoms with Gasteiger partial charge in [-0.05, 0) is 67.7 Å². The highest BCUT2D eigenvalue weighted by atomic mass is 19.1. The number of aromatic nitrogens is 2. The van der Waals surface area contributed by atoms with E-state index in [2.05, 4.69) is 10.2 Å².